The van der Waals surface area contributed by atoms with Crippen molar-refractivity contribution in [1.82, 2.24) is 0 Å². The highest BCUT2D eigenvalue weighted by Gasteiger charge is 2.08. The summed E-state index contributed by atoms with van der Waals surface area (Å²) in [5, 5.41) is 10.5. The lowest BCUT2D eigenvalue weighted by atomic mass is 9.91. The molecule has 0 aliphatic carbocycles. The minimum Gasteiger partial charge on any atom is -0.550 e. The predicted molar refractivity (Wildman–Crippen MR) is 78.6 cm³/mol. The Hall–Kier alpha value is -0.570. The van der Waals surface area contributed by atoms with Crippen LogP contribution >= 0.6 is 0 Å². The minimum atomic E-state index is -0.919. The summed E-state index contributed by atoms with van der Waals surface area (Å²) in [6, 6.07) is 0. The topological polar surface area (TPSA) is 66.2 Å². The number of carboxylic acid groups (broad SMARTS) is 1. The molecule has 1 atom stereocenters. The van der Waals surface area contributed by atoms with Crippen LogP contribution in [0.2, 0.25) is 0 Å². The molecule has 3 heteroatoms. The fourth-order valence-corrected chi connectivity index (χ4v) is 2.55. The average Bonchev–Trinajstić information content (AvgIpc) is 2.39. The number of carboxylic acids is 1. The molecule has 0 saturated carbocycles. The Morgan fingerprint density at radius 1 is 0.947 bits per heavy atom. The number of unbranched alkanes of at least 4 members (excludes halogenated alkanes) is 6. The van der Waals surface area contributed by atoms with Crippen LogP contribution in [0.4, 0.5) is 0 Å². The second-order valence-corrected chi connectivity index (χ2v) is 5.62. The van der Waals surface area contributed by atoms with E-state index in [-0.39, 0.29) is 6.42 Å². The van der Waals surface area contributed by atoms with Gasteiger partial charge in [-0.05, 0) is 38.1 Å². The van der Waals surface area contributed by atoms with Crippen LogP contribution in [-0.4, -0.2) is 12.5 Å². The summed E-state index contributed by atoms with van der Waals surface area (Å²) in [6.07, 6.45) is 13.4. The molecule has 0 aliphatic rings. The van der Waals surface area contributed by atoms with Gasteiger partial charge < -0.3 is 15.6 Å². The molecule has 0 aromatic carbocycles. The normalized spacial score (nSPS) is 12.5. The lowest BCUT2D eigenvalue weighted by molar-refractivity contribution is -0.306. The number of rotatable bonds is 14. The molecule has 0 heterocycles. The molecular weight excluding hydrogens is 238 g/mol. The van der Waals surface area contributed by atoms with Crippen LogP contribution in [0.1, 0.15) is 84.0 Å². The zero-order valence-electron chi connectivity index (χ0n) is 12.7. The van der Waals surface area contributed by atoms with Gasteiger partial charge in [0.2, 0.25) is 0 Å². The quantitative estimate of drug-likeness (QED) is 0.493. The lowest BCUT2D eigenvalue weighted by Crippen LogP contribution is -2.22. The number of carbonyl (C=O) groups is 1. The van der Waals surface area contributed by atoms with Gasteiger partial charge in [-0.1, -0.05) is 58.3 Å². The van der Waals surface area contributed by atoms with E-state index in [0.29, 0.717) is 12.5 Å². The molecule has 2 N–H and O–H groups in total. The van der Waals surface area contributed by atoms with Gasteiger partial charge in [-0.15, -0.1) is 0 Å². The van der Waals surface area contributed by atoms with Crippen LogP contribution in [0.15, 0.2) is 0 Å². The molecule has 0 aromatic heterocycles. The summed E-state index contributed by atoms with van der Waals surface area (Å²) in [5.41, 5.74) is 5.53. The summed E-state index contributed by atoms with van der Waals surface area (Å²) in [4.78, 5) is 10.5. The summed E-state index contributed by atoms with van der Waals surface area (Å²) in [6.45, 7) is 2.94. The van der Waals surface area contributed by atoms with Crippen LogP contribution in [0, 0.1) is 5.92 Å². The number of carbonyl (C=O) groups excluding carboxylic acids is 1. The molecule has 0 bridgehead atoms. The molecule has 0 aromatic rings. The maximum absolute atomic E-state index is 10.5. The highest BCUT2D eigenvalue weighted by atomic mass is 16.4. The molecular formula is C16H32NO2-. The SMILES string of the molecule is CCCCCCCCCC(CCCN)CCC(=O)[O-]. The molecule has 114 valence electrons. The Labute approximate surface area is 119 Å². The van der Waals surface area contributed by atoms with Crippen molar-refractivity contribution >= 4 is 5.97 Å². The zero-order chi connectivity index (χ0) is 14.3. The van der Waals surface area contributed by atoms with Crippen molar-refractivity contribution in [3.63, 3.8) is 0 Å². The molecule has 0 saturated heterocycles. The van der Waals surface area contributed by atoms with Gasteiger partial charge in [-0.25, -0.2) is 0 Å². The Morgan fingerprint density at radius 2 is 1.53 bits per heavy atom. The maximum Gasteiger partial charge on any atom is 0.0414 e. The van der Waals surface area contributed by atoms with Gasteiger partial charge in [-0.2, -0.15) is 0 Å². The van der Waals surface area contributed by atoms with Crippen molar-refractivity contribution in [2.45, 2.75) is 84.0 Å². The molecule has 0 radical (unpaired) electrons. The van der Waals surface area contributed by atoms with Crippen molar-refractivity contribution in [3.8, 4) is 0 Å². The van der Waals surface area contributed by atoms with Crippen molar-refractivity contribution in [2.24, 2.45) is 11.7 Å². The summed E-state index contributed by atoms with van der Waals surface area (Å²) >= 11 is 0. The van der Waals surface area contributed by atoms with E-state index in [1.165, 1.54) is 44.9 Å². The van der Waals surface area contributed by atoms with Crippen LogP contribution in [0.25, 0.3) is 0 Å². The van der Waals surface area contributed by atoms with Gasteiger partial charge in [0.05, 0.1) is 0 Å². The maximum atomic E-state index is 10.5. The second kappa shape index (κ2) is 13.9. The van der Waals surface area contributed by atoms with E-state index in [1.54, 1.807) is 0 Å². The van der Waals surface area contributed by atoms with Gasteiger partial charge in [0.25, 0.3) is 0 Å². The molecule has 0 fully saturated rings. The van der Waals surface area contributed by atoms with Crippen LogP contribution in [-0.2, 0) is 4.79 Å². The number of nitrogens with two attached hydrogens (primary N) is 1. The molecule has 0 aliphatic heterocycles. The Kier molecular flexibility index (Phi) is 13.4. The second-order valence-electron chi connectivity index (χ2n) is 5.62. The third kappa shape index (κ3) is 13.7. The summed E-state index contributed by atoms with van der Waals surface area (Å²) in [5.74, 6) is -0.394. The number of hydrogen-bond acceptors (Lipinski definition) is 3. The van der Waals surface area contributed by atoms with E-state index < -0.39 is 5.97 Å². The molecule has 1 unspecified atom stereocenters. The standard InChI is InChI=1S/C16H33NO2/c1-2-3-4-5-6-7-8-10-15(11-9-14-17)12-13-16(18)19/h15H,2-14,17H2,1H3,(H,18,19)/p-1. The molecule has 0 amide bonds. The fraction of sp³-hybridized carbons (Fsp3) is 0.938. The Bertz CT molecular complexity index is 207. The van der Waals surface area contributed by atoms with E-state index in [1.807, 2.05) is 0 Å². The van der Waals surface area contributed by atoms with Crippen molar-refractivity contribution in [2.75, 3.05) is 6.54 Å². The predicted octanol–water partition coefficient (Wildman–Crippen LogP) is 3.01. The molecule has 19 heavy (non-hydrogen) atoms. The Morgan fingerprint density at radius 3 is 2.11 bits per heavy atom. The third-order valence-electron chi connectivity index (χ3n) is 3.79. The van der Waals surface area contributed by atoms with Crippen LogP contribution in [0.5, 0.6) is 0 Å². The van der Waals surface area contributed by atoms with Gasteiger partial charge in [0, 0.05) is 5.97 Å². The van der Waals surface area contributed by atoms with E-state index in [4.69, 9.17) is 5.73 Å². The van der Waals surface area contributed by atoms with E-state index in [2.05, 4.69) is 6.92 Å². The van der Waals surface area contributed by atoms with Crippen molar-refractivity contribution < 1.29 is 9.90 Å². The molecule has 0 spiro atoms. The van der Waals surface area contributed by atoms with E-state index >= 15 is 0 Å². The van der Waals surface area contributed by atoms with Gasteiger partial charge in [0.1, 0.15) is 0 Å². The highest BCUT2D eigenvalue weighted by molar-refractivity contribution is 5.64. The number of hydrogen-bond donors (Lipinski definition) is 1. The minimum absolute atomic E-state index is 0.200. The summed E-state index contributed by atoms with van der Waals surface area (Å²) < 4.78 is 0. The van der Waals surface area contributed by atoms with E-state index in [9.17, 15) is 9.90 Å². The van der Waals surface area contributed by atoms with Crippen molar-refractivity contribution in [3.05, 3.63) is 0 Å². The third-order valence-corrected chi connectivity index (χ3v) is 3.79. The first-order valence-electron chi connectivity index (χ1n) is 8.10. The summed E-state index contributed by atoms with van der Waals surface area (Å²) in [7, 11) is 0. The highest BCUT2D eigenvalue weighted by Crippen LogP contribution is 2.21. The first-order valence-corrected chi connectivity index (χ1v) is 8.10. The first kappa shape index (κ1) is 18.4. The zero-order valence-corrected chi connectivity index (χ0v) is 12.7. The van der Waals surface area contributed by atoms with Gasteiger partial charge in [-0.3, -0.25) is 0 Å². The monoisotopic (exact) mass is 270 g/mol. The smallest absolute Gasteiger partial charge is 0.0414 e. The Balaban J connectivity index is 3.57. The van der Waals surface area contributed by atoms with Crippen molar-refractivity contribution in [1.29, 1.82) is 0 Å². The first-order chi connectivity index (χ1) is 9.20. The fourth-order valence-electron chi connectivity index (χ4n) is 2.55. The van der Waals surface area contributed by atoms with Gasteiger partial charge >= 0.3 is 0 Å². The number of aliphatic carboxylic acids is 1. The van der Waals surface area contributed by atoms with Crippen LogP contribution < -0.4 is 10.8 Å². The lowest BCUT2D eigenvalue weighted by Gasteiger charge is -2.16. The largest absolute Gasteiger partial charge is 0.550 e. The van der Waals surface area contributed by atoms with Gasteiger partial charge in [0.15, 0.2) is 0 Å². The molecule has 3 nitrogen and oxygen atoms in total. The van der Waals surface area contributed by atoms with E-state index in [0.717, 1.165) is 25.7 Å². The molecule has 0 rings (SSSR count). The van der Waals surface area contributed by atoms with Crippen LogP contribution in [0.3, 0.4) is 0 Å². The average molecular weight is 270 g/mol.